The van der Waals surface area contributed by atoms with E-state index in [1.54, 1.807) is 0 Å². The lowest BCUT2D eigenvalue weighted by molar-refractivity contribution is -0.300. The van der Waals surface area contributed by atoms with Crippen molar-refractivity contribution < 1.29 is 48.9 Å². The number of hydrogen-bond acceptors (Lipinski definition) is 10. The van der Waals surface area contributed by atoms with E-state index < -0.39 is 53.6 Å². The van der Waals surface area contributed by atoms with E-state index >= 15 is 0 Å². The minimum absolute atomic E-state index is 0.00705. The van der Waals surface area contributed by atoms with Gasteiger partial charge < -0.3 is 44.1 Å². The average Bonchev–Trinajstić information content (AvgIpc) is 3.51. The molecule has 7 fully saturated rings. The van der Waals surface area contributed by atoms with Gasteiger partial charge in [-0.2, -0.15) is 0 Å². The molecular formula is C36H54O10. The number of esters is 1. The summed E-state index contributed by atoms with van der Waals surface area (Å²) in [6, 6.07) is 0. The molecule has 3 saturated heterocycles. The number of hydrogen-bond donors (Lipinski definition) is 4. The highest BCUT2D eigenvalue weighted by Gasteiger charge is 2.86. The van der Waals surface area contributed by atoms with Crippen molar-refractivity contribution in [1.29, 1.82) is 0 Å². The van der Waals surface area contributed by atoms with Crippen LogP contribution in [0.4, 0.5) is 0 Å². The quantitative estimate of drug-likeness (QED) is 0.265. The summed E-state index contributed by atoms with van der Waals surface area (Å²) in [6.45, 7) is 14.3. The number of aliphatic hydroxyl groups excluding tert-OH is 4. The Balaban J connectivity index is 1.10. The van der Waals surface area contributed by atoms with Crippen molar-refractivity contribution in [2.24, 2.45) is 38.9 Å². The number of allylic oxidation sites excluding steroid dienone is 1. The number of carbonyl (C=O) groups is 1. The third-order valence-corrected chi connectivity index (χ3v) is 15.3. The Bertz CT molecular complexity index is 1350. The third-order valence-electron chi connectivity index (χ3n) is 15.3. The van der Waals surface area contributed by atoms with Crippen molar-refractivity contribution in [2.75, 3.05) is 6.61 Å². The van der Waals surface area contributed by atoms with Crippen molar-refractivity contribution in [3.63, 3.8) is 0 Å². The Morgan fingerprint density at radius 1 is 0.957 bits per heavy atom. The normalized spacial score (nSPS) is 56.5. The molecule has 8 aliphatic rings. The SMILES string of the molecule is CC(=O)OC(C)(C)[C@H]1OC23OC1CCC2[C@@]1(C)CC[C@@]24C[C@@]25CC[C@H](O[C@@H]2OC[C@@H](O)[C@H](O)[C@H]2O)C(C)(C)C5CC=C4C1(C)C3O. The summed E-state index contributed by atoms with van der Waals surface area (Å²) in [7, 11) is 0. The molecule has 0 amide bonds. The second-order valence-electron chi connectivity index (χ2n) is 17.8. The van der Waals surface area contributed by atoms with Crippen LogP contribution >= 0.6 is 0 Å². The molecule has 0 radical (unpaired) electrons. The molecule has 6 unspecified atom stereocenters. The molecule has 258 valence electrons. The van der Waals surface area contributed by atoms with Gasteiger partial charge in [-0.25, -0.2) is 0 Å². The summed E-state index contributed by atoms with van der Waals surface area (Å²) in [5.41, 5.74) is -0.352. The zero-order valence-corrected chi connectivity index (χ0v) is 28.5. The van der Waals surface area contributed by atoms with E-state index in [2.05, 4.69) is 33.8 Å². The van der Waals surface area contributed by atoms with Gasteiger partial charge in [-0.1, -0.05) is 39.3 Å². The predicted octanol–water partition coefficient (Wildman–Crippen LogP) is 3.37. The van der Waals surface area contributed by atoms with Gasteiger partial charge in [0.05, 0.1) is 18.8 Å². The fourth-order valence-electron chi connectivity index (χ4n) is 13.0. The van der Waals surface area contributed by atoms with Crippen molar-refractivity contribution >= 4 is 5.97 Å². The van der Waals surface area contributed by atoms with Gasteiger partial charge in [-0.3, -0.25) is 4.79 Å². The lowest BCUT2D eigenvalue weighted by Crippen LogP contribution is -2.58. The highest BCUT2D eigenvalue weighted by Crippen LogP contribution is 2.89. The first kappa shape index (κ1) is 32.1. The van der Waals surface area contributed by atoms with E-state index in [1.165, 1.54) is 12.5 Å². The molecule has 5 aliphatic carbocycles. The lowest BCUT2D eigenvalue weighted by atomic mass is 9.45. The Morgan fingerprint density at radius 3 is 2.41 bits per heavy atom. The Morgan fingerprint density at radius 2 is 1.70 bits per heavy atom. The van der Waals surface area contributed by atoms with Crippen molar-refractivity contribution in [1.82, 2.24) is 0 Å². The molecule has 0 aromatic carbocycles. The van der Waals surface area contributed by atoms with Gasteiger partial charge in [0.2, 0.25) is 0 Å². The molecule has 10 heteroatoms. The molecule has 4 saturated carbocycles. The van der Waals surface area contributed by atoms with E-state index in [4.69, 9.17) is 23.7 Å². The maximum atomic E-state index is 12.6. The Kier molecular flexibility index (Phi) is 6.68. The largest absolute Gasteiger partial charge is 0.457 e. The molecule has 10 nitrogen and oxygen atoms in total. The molecule has 3 aliphatic heterocycles. The number of fused-ring (bicyclic) bond motifs is 4. The van der Waals surface area contributed by atoms with Crippen LogP contribution in [-0.4, -0.2) is 93.4 Å². The minimum Gasteiger partial charge on any atom is -0.457 e. The van der Waals surface area contributed by atoms with Crippen molar-refractivity contribution in [3.05, 3.63) is 11.6 Å². The molecule has 4 N–H and O–H groups in total. The first-order chi connectivity index (χ1) is 21.4. The number of aliphatic hydroxyl groups is 4. The van der Waals surface area contributed by atoms with Gasteiger partial charge in [0.25, 0.3) is 0 Å². The van der Waals surface area contributed by atoms with Crippen molar-refractivity contribution in [3.8, 4) is 0 Å². The molecule has 15 atom stereocenters. The highest BCUT2D eigenvalue weighted by atomic mass is 16.8. The topological polar surface area (TPSA) is 144 Å². The van der Waals surface area contributed by atoms with E-state index in [0.717, 1.165) is 51.4 Å². The van der Waals surface area contributed by atoms with Gasteiger partial charge in [0.15, 0.2) is 12.1 Å². The molecule has 3 spiro atoms. The van der Waals surface area contributed by atoms with Gasteiger partial charge >= 0.3 is 5.97 Å². The Labute approximate surface area is 272 Å². The first-order valence-electron chi connectivity index (χ1n) is 17.7. The maximum absolute atomic E-state index is 12.6. The number of rotatable bonds is 4. The summed E-state index contributed by atoms with van der Waals surface area (Å²) >= 11 is 0. The van der Waals surface area contributed by atoms with Crippen LogP contribution in [0.25, 0.3) is 0 Å². The summed E-state index contributed by atoms with van der Waals surface area (Å²) < 4.78 is 31.6. The van der Waals surface area contributed by atoms with Crippen LogP contribution in [0, 0.1) is 38.9 Å². The number of ether oxygens (including phenoxy) is 5. The van der Waals surface area contributed by atoms with Crippen LogP contribution in [0.3, 0.4) is 0 Å². The molecule has 46 heavy (non-hydrogen) atoms. The molecule has 0 aromatic rings. The van der Waals surface area contributed by atoms with Gasteiger partial charge in [-0.05, 0) is 92.8 Å². The summed E-state index contributed by atoms with van der Waals surface area (Å²) in [5, 5.41) is 43.5. The second kappa shape index (κ2) is 9.56. The zero-order chi connectivity index (χ0) is 33.0. The summed E-state index contributed by atoms with van der Waals surface area (Å²) in [5.74, 6) is -1.11. The molecule has 0 aromatic heterocycles. The fourth-order valence-corrected chi connectivity index (χ4v) is 13.0. The molecular weight excluding hydrogens is 592 g/mol. The van der Waals surface area contributed by atoms with E-state index in [1.807, 2.05) is 13.8 Å². The van der Waals surface area contributed by atoms with E-state index in [0.29, 0.717) is 5.92 Å². The smallest absolute Gasteiger partial charge is 0.303 e. The molecule has 3 heterocycles. The molecule has 2 bridgehead atoms. The van der Waals surface area contributed by atoms with Crippen LogP contribution in [0.1, 0.15) is 99.8 Å². The minimum atomic E-state index is -1.30. The van der Waals surface area contributed by atoms with Crippen LogP contribution in [0.2, 0.25) is 0 Å². The maximum Gasteiger partial charge on any atom is 0.303 e. The van der Waals surface area contributed by atoms with Crippen molar-refractivity contribution in [2.45, 2.75) is 160 Å². The fraction of sp³-hybridized carbons (Fsp3) is 0.917. The average molecular weight is 647 g/mol. The van der Waals surface area contributed by atoms with Gasteiger partial charge in [-0.15, -0.1) is 0 Å². The molecule has 8 rings (SSSR count). The van der Waals surface area contributed by atoms with Gasteiger partial charge in [0.1, 0.15) is 36.1 Å². The Hall–Kier alpha value is -1.11. The van der Waals surface area contributed by atoms with Crippen LogP contribution in [0.5, 0.6) is 0 Å². The van der Waals surface area contributed by atoms with E-state index in [9.17, 15) is 25.2 Å². The summed E-state index contributed by atoms with van der Waals surface area (Å²) in [4.78, 5) is 12.0. The standard InChI is InChI=1S/C36H54O10/c1-18(37)44-31(4,5)27-20-8-9-22-32(6)14-15-35-17-34(35)13-12-24(43-28-26(40)25(39)19(38)16-42-28)30(2,3)21(34)10-11-23(35)33(32,7)29(41)36(22,45-20)46-27/h11,19-22,24-29,38-41H,8-10,12-17H2,1-7H3/t19-,20?,21?,22?,24+,25+,26-,27+,28+,29?,32-,33?,34-,35+,36?/m1/s1. The van der Waals surface area contributed by atoms with Crippen LogP contribution in [-0.2, 0) is 28.5 Å². The van der Waals surface area contributed by atoms with Crippen LogP contribution < -0.4 is 0 Å². The third kappa shape index (κ3) is 3.64. The van der Waals surface area contributed by atoms with Crippen LogP contribution in [0.15, 0.2) is 11.6 Å². The van der Waals surface area contributed by atoms with Gasteiger partial charge in [0, 0.05) is 18.3 Å². The zero-order valence-electron chi connectivity index (χ0n) is 28.5. The predicted molar refractivity (Wildman–Crippen MR) is 164 cm³/mol. The van der Waals surface area contributed by atoms with E-state index in [-0.39, 0.29) is 52.4 Å². The lowest BCUT2D eigenvalue weighted by Gasteiger charge is -2.60. The highest BCUT2D eigenvalue weighted by molar-refractivity contribution is 5.66. The monoisotopic (exact) mass is 646 g/mol. The summed E-state index contributed by atoms with van der Waals surface area (Å²) in [6.07, 6.45) is 3.56. The second-order valence-corrected chi connectivity index (χ2v) is 17.8. The number of carbonyl (C=O) groups excluding carboxylic acids is 1. The first-order valence-corrected chi connectivity index (χ1v) is 17.7.